The molecular formula is C11H19N3O3. The van der Waals surface area contributed by atoms with Crippen molar-refractivity contribution in [2.45, 2.75) is 37.8 Å². The second kappa shape index (κ2) is 5.35. The molecule has 3 N–H and O–H groups in total. The molecule has 2 atom stereocenters. The van der Waals surface area contributed by atoms with E-state index in [1.807, 2.05) is 0 Å². The summed E-state index contributed by atoms with van der Waals surface area (Å²) >= 11 is 0. The molecule has 2 aliphatic heterocycles. The highest BCUT2D eigenvalue weighted by Crippen LogP contribution is 2.26. The summed E-state index contributed by atoms with van der Waals surface area (Å²) in [5.74, 6) is -1.02. The van der Waals surface area contributed by atoms with Gasteiger partial charge in [0.25, 0.3) is 0 Å². The van der Waals surface area contributed by atoms with Gasteiger partial charge < -0.3 is 20.6 Å². The molecule has 0 spiro atoms. The van der Waals surface area contributed by atoms with Gasteiger partial charge in [0.1, 0.15) is 6.54 Å². The smallest absolute Gasteiger partial charge is 0.323 e. The first-order valence-electron chi connectivity index (χ1n) is 6.15. The lowest BCUT2D eigenvalue weighted by Gasteiger charge is -2.35. The Morgan fingerprint density at radius 1 is 1.29 bits per heavy atom. The van der Waals surface area contributed by atoms with Gasteiger partial charge >= 0.3 is 12.0 Å². The number of fused-ring (bicyclic) bond motifs is 1. The number of hydrogen-bond acceptors (Lipinski definition) is 3. The Hall–Kier alpha value is -1.30. The Morgan fingerprint density at radius 3 is 2.88 bits per heavy atom. The molecule has 2 rings (SSSR count). The molecule has 2 aliphatic rings. The van der Waals surface area contributed by atoms with Crippen LogP contribution in [0, 0.1) is 0 Å². The zero-order chi connectivity index (χ0) is 12.3. The van der Waals surface area contributed by atoms with Gasteiger partial charge in [-0.05, 0) is 32.2 Å². The van der Waals surface area contributed by atoms with Gasteiger partial charge in [0.15, 0.2) is 0 Å². The summed E-state index contributed by atoms with van der Waals surface area (Å²) in [6, 6.07) is 0.417. The fourth-order valence-electron chi connectivity index (χ4n) is 2.75. The van der Waals surface area contributed by atoms with Crippen molar-refractivity contribution in [3.8, 4) is 0 Å². The van der Waals surface area contributed by atoms with E-state index in [9.17, 15) is 9.59 Å². The number of carbonyl (C=O) groups excluding carboxylic acids is 1. The maximum Gasteiger partial charge on any atom is 0.323 e. The molecule has 6 heteroatoms. The van der Waals surface area contributed by atoms with E-state index in [0.717, 1.165) is 19.4 Å². The van der Waals surface area contributed by atoms with Gasteiger partial charge in [-0.3, -0.25) is 4.79 Å². The third-order valence-corrected chi connectivity index (χ3v) is 3.56. The lowest BCUT2D eigenvalue weighted by molar-refractivity contribution is -0.135. The van der Waals surface area contributed by atoms with E-state index in [0.29, 0.717) is 6.04 Å². The molecular weight excluding hydrogens is 222 g/mol. The minimum Gasteiger partial charge on any atom is -0.480 e. The predicted octanol–water partition coefficient (Wildman–Crippen LogP) is -0.00300. The number of nitrogens with one attached hydrogen (secondary N) is 2. The van der Waals surface area contributed by atoms with Gasteiger partial charge in [-0.25, -0.2) is 4.79 Å². The lowest BCUT2D eigenvalue weighted by Crippen LogP contribution is -2.50. The number of nitrogens with zero attached hydrogens (tertiary/aromatic N) is 1. The Balaban J connectivity index is 1.72. The number of carbonyl (C=O) groups is 2. The first-order valence-corrected chi connectivity index (χ1v) is 6.15. The fourth-order valence-corrected chi connectivity index (χ4v) is 2.75. The third-order valence-electron chi connectivity index (χ3n) is 3.56. The number of urea groups is 1. The summed E-state index contributed by atoms with van der Waals surface area (Å²) in [7, 11) is 0. The number of amides is 2. The highest BCUT2D eigenvalue weighted by molar-refractivity contribution is 5.79. The van der Waals surface area contributed by atoms with Crippen LogP contribution in [0.25, 0.3) is 0 Å². The van der Waals surface area contributed by atoms with Crippen LogP contribution in [-0.4, -0.2) is 53.7 Å². The van der Waals surface area contributed by atoms with Gasteiger partial charge in [0.2, 0.25) is 0 Å². The normalized spacial score (nSPS) is 28.5. The molecule has 0 aromatic heterocycles. The zero-order valence-electron chi connectivity index (χ0n) is 9.82. The highest BCUT2D eigenvalue weighted by Gasteiger charge is 2.32. The van der Waals surface area contributed by atoms with E-state index in [1.54, 1.807) is 0 Å². The molecule has 2 fully saturated rings. The van der Waals surface area contributed by atoms with E-state index >= 15 is 0 Å². The predicted molar refractivity (Wildman–Crippen MR) is 61.8 cm³/mol. The minimum absolute atomic E-state index is 0.183. The van der Waals surface area contributed by atoms with Gasteiger partial charge in [-0.15, -0.1) is 0 Å². The van der Waals surface area contributed by atoms with Gasteiger partial charge in [-0.1, -0.05) is 0 Å². The summed E-state index contributed by atoms with van der Waals surface area (Å²) in [5.41, 5.74) is 0. The second-order valence-corrected chi connectivity index (χ2v) is 4.77. The largest absolute Gasteiger partial charge is 0.480 e. The van der Waals surface area contributed by atoms with Crippen molar-refractivity contribution in [3.05, 3.63) is 0 Å². The fraction of sp³-hybridized carbons (Fsp3) is 0.818. The van der Waals surface area contributed by atoms with Crippen LogP contribution in [0.2, 0.25) is 0 Å². The van der Waals surface area contributed by atoms with Crippen molar-refractivity contribution in [2.75, 3.05) is 19.6 Å². The summed E-state index contributed by atoms with van der Waals surface area (Å²) in [4.78, 5) is 24.2. The molecule has 2 saturated heterocycles. The van der Waals surface area contributed by atoms with Crippen molar-refractivity contribution in [1.82, 2.24) is 15.5 Å². The van der Waals surface area contributed by atoms with Crippen molar-refractivity contribution in [2.24, 2.45) is 0 Å². The molecule has 0 bridgehead atoms. The topological polar surface area (TPSA) is 81.7 Å². The van der Waals surface area contributed by atoms with E-state index in [-0.39, 0.29) is 18.6 Å². The average Bonchev–Trinajstić information content (AvgIpc) is 2.73. The Morgan fingerprint density at radius 2 is 2.12 bits per heavy atom. The van der Waals surface area contributed by atoms with Crippen LogP contribution < -0.4 is 10.6 Å². The minimum atomic E-state index is -1.02. The highest BCUT2D eigenvalue weighted by atomic mass is 16.4. The number of hydrogen-bond donors (Lipinski definition) is 3. The van der Waals surface area contributed by atoms with E-state index < -0.39 is 5.97 Å². The molecule has 0 saturated carbocycles. The molecule has 2 heterocycles. The second-order valence-electron chi connectivity index (χ2n) is 4.77. The SMILES string of the molecule is O=C(O)CNC(=O)NC1CCN2CCCC2C1. The average molecular weight is 241 g/mol. The van der Waals surface area contributed by atoms with Crippen molar-refractivity contribution < 1.29 is 14.7 Å². The maximum atomic E-state index is 11.4. The van der Waals surface area contributed by atoms with Crippen LogP contribution in [0.5, 0.6) is 0 Å². The molecule has 6 nitrogen and oxygen atoms in total. The van der Waals surface area contributed by atoms with Crippen LogP contribution in [0.4, 0.5) is 4.79 Å². The van der Waals surface area contributed by atoms with E-state index in [4.69, 9.17) is 5.11 Å². The number of piperidine rings is 1. The summed E-state index contributed by atoms with van der Waals surface area (Å²) in [6.07, 6.45) is 4.41. The number of rotatable bonds is 3. The first kappa shape index (κ1) is 12.2. The van der Waals surface area contributed by atoms with Crippen molar-refractivity contribution in [3.63, 3.8) is 0 Å². The van der Waals surface area contributed by atoms with Crippen LogP contribution in [0.3, 0.4) is 0 Å². The van der Waals surface area contributed by atoms with E-state index in [2.05, 4.69) is 15.5 Å². The van der Waals surface area contributed by atoms with Crippen molar-refractivity contribution in [1.29, 1.82) is 0 Å². The van der Waals surface area contributed by atoms with Crippen LogP contribution >= 0.6 is 0 Å². The Kier molecular flexibility index (Phi) is 3.83. The molecule has 0 aromatic rings. The Bertz CT molecular complexity index is 308. The molecule has 96 valence electrons. The summed E-state index contributed by atoms with van der Waals surface area (Å²) < 4.78 is 0. The van der Waals surface area contributed by atoms with Crippen LogP contribution in [0.15, 0.2) is 0 Å². The number of aliphatic carboxylic acids is 1. The maximum absolute atomic E-state index is 11.4. The van der Waals surface area contributed by atoms with Gasteiger partial charge in [0, 0.05) is 18.6 Å². The third kappa shape index (κ3) is 3.33. The standard InChI is InChI=1S/C11H19N3O3/c15-10(16)7-12-11(17)13-8-3-5-14-4-1-2-9(14)6-8/h8-9H,1-7H2,(H,15,16)(H2,12,13,17). The van der Waals surface area contributed by atoms with Crippen molar-refractivity contribution >= 4 is 12.0 Å². The van der Waals surface area contributed by atoms with E-state index in [1.165, 1.54) is 19.4 Å². The molecule has 2 amide bonds. The lowest BCUT2D eigenvalue weighted by atomic mass is 9.98. The molecule has 0 radical (unpaired) electrons. The molecule has 2 unspecified atom stereocenters. The monoisotopic (exact) mass is 241 g/mol. The van der Waals surface area contributed by atoms with Gasteiger partial charge in [-0.2, -0.15) is 0 Å². The number of carboxylic acid groups (broad SMARTS) is 1. The van der Waals surface area contributed by atoms with Crippen LogP contribution in [0.1, 0.15) is 25.7 Å². The summed E-state index contributed by atoms with van der Waals surface area (Å²) in [6.45, 7) is 1.89. The Labute approximate surface area is 100 Å². The molecule has 0 aromatic carbocycles. The zero-order valence-corrected chi connectivity index (χ0v) is 9.82. The summed E-state index contributed by atoms with van der Waals surface area (Å²) in [5, 5.41) is 13.6. The van der Waals surface area contributed by atoms with Gasteiger partial charge in [0.05, 0.1) is 0 Å². The molecule has 17 heavy (non-hydrogen) atoms. The number of carboxylic acids is 1. The molecule has 0 aliphatic carbocycles. The first-order chi connectivity index (χ1) is 8.15. The van der Waals surface area contributed by atoms with Crippen LogP contribution in [-0.2, 0) is 4.79 Å². The quantitative estimate of drug-likeness (QED) is 0.649.